The number of sulfonamides is 1. The van der Waals surface area contributed by atoms with E-state index in [0.717, 1.165) is 24.8 Å². The molecule has 38 heavy (non-hydrogen) atoms. The van der Waals surface area contributed by atoms with Crippen molar-refractivity contribution >= 4 is 16.0 Å². The Morgan fingerprint density at radius 3 is 2.58 bits per heavy atom. The molecule has 3 aromatic heterocycles. The van der Waals surface area contributed by atoms with Crippen LogP contribution in [0.3, 0.4) is 0 Å². The van der Waals surface area contributed by atoms with Crippen LogP contribution in [0.2, 0.25) is 0 Å². The first-order valence-electron chi connectivity index (χ1n) is 12.7. The second-order valence-electron chi connectivity index (χ2n) is 9.29. The van der Waals surface area contributed by atoms with Crippen molar-refractivity contribution < 1.29 is 22.6 Å². The van der Waals surface area contributed by atoms with Crippen LogP contribution in [0.25, 0.3) is 11.5 Å². The van der Waals surface area contributed by atoms with Gasteiger partial charge in [-0.2, -0.15) is 0 Å². The van der Waals surface area contributed by atoms with Gasteiger partial charge in [-0.05, 0) is 51.2 Å². The number of anilines is 1. The Morgan fingerprint density at radius 2 is 1.95 bits per heavy atom. The zero-order chi connectivity index (χ0) is 27.3. The maximum atomic E-state index is 13.6. The fourth-order valence-corrected chi connectivity index (χ4v) is 5.76. The summed E-state index contributed by atoms with van der Waals surface area (Å²) in [6.45, 7) is 6.09. The smallest absolute Gasteiger partial charge is 0.240 e. The van der Waals surface area contributed by atoms with Crippen LogP contribution in [-0.4, -0.2) is 70.3 Å². The third kappa shape index (κ3) is 5.94. The lowest BCUT2D eigenvalue weighted by Gasteiger charge is -2.32. The van der Waals surface area contributed by atoms with E-state index >= 15 is 0 Å². The quantitative estimate of drug-likeness (QED) is 0.380. The Labute approximate surface area is 223 Å². The summed E-state index contributed by atoms with van der Waals surface area (Å²) < 4.78 is 48.6. The predicted octanol–water partition coefficient (Wildman–Crippen LogP) is 3.49. The molecule has 4 atom stereocenters. The van der Waals surface area contributed by atoms with Crippen molar-refractivity contribution in [2.45, 2.75) is 70.0 Å². The van der Waals surface area contributed by atoms with Crippen LogP contribution in [0.4, 0.5) is 5.95 Å². The van der Waals surface area contributed by atoms with E-state index in [-0.39, 0.29) is 23.9 Å². The second-order valence-corrected chi connectivity index (χ2v) is 11.3. The van der Waals surface area contributed by atoms with Crippen LogP contribution >= 0.6 is 0 Å². The molecule has 13 heteroatoms. The van der Waals surface area contributed by atoms with Crippen molar-refractivity contribution in [3.8, 4) is 17.4 Å². The highest BCUT2D eigenvalue weighted by molar-refractivity contribution is 7.93. The minimum Gasteiger partial charge on any atom is -0.481 e. The van der Waals surface area contributed by atoms with Gasteiger partial charge < -0.3 is 14.2 Å². The molecule has 206 valence electrons. The van der Waals surface area contributed by atoms with Gasteiger partial charge in [0.2, 0.25) is 21.9 Å². The number of pyridine rings is 1. The first-order chi connectivity index (χ1) is 18.3. The number of nitrogens with zero attached hydrogens (tertiary/aromatic N) is 6. The topological polar surface area (TPSA) is 143 Å². The number of aryl methyl sites for hydroxylation is 1. The normalized spacial score (nSPS) is 18.5. The Morgan fingerprint density at radius 1 is 1.18 bits per heavy atom. The zero-order valence-corrected chi connectivity index (χ0v) is 23.2. The number of rotatable bonds is 11. The molecule has 4 rings (SSSR count). The zero-order valence-electron chi connectivity index (χ0n) is 22.4. The fraction of sp³-hybridized carbons (Fsp3) is 0.560. The first kappa shape index (κ1) is 27.9. The highest BCUT2D eigenvalue weighted by atomic mass is 32.2. The predicted molar refractivity (Wildman–Crippen MR) is 141 cm³/mol. The maximum Gasteiger partial charge on any atom is 0.240 e. The summed E-state index contributed by atoms with van der Waals surface area (Å²) in [5.74, 6) is 1.19. The first-order valence-corrected chi connectivity index (χ1v) is 14.2. The minimum atomic E-state index is -4.02. The monoisotopic (exact) mass is 545 g/mol. The highest BCUT2D eigenvalue weighted by Gasteiger charge is 2.36. The third-order valence-electron chi connectivity index (χ3n) is 6.71. The lowest BCUT2D eigenvalue weighted by molar-refractivity contribution is -0.0169. The molecule has 1 aliphatic rings. The van der Waals surface area contributed by atoms with Crippen molar-refractivity contribution in [3.05, 3.63) is 42.0 Å². The van der Waals surface area contributed by atoms with Crippen molar-refractivity contribution in [1.82, 2.24) is 29.7 Å². The third-order valence-corrected chi connectivity index (χ3v) is 8.40. The molecule has 1 saturated heterocycles. The summed E-state index contributed by atoms with van der Waals surface area (Å²) in [6, 6.07) is 5.10. The molecule has 0 aliphatic carbocycles. The molecule has 0 spiro atoms. The molecular weight excluding hydrogens is 510 g/mol. The Hall–Kier alpha value is -3.16. The maximum absolute atomic E-state index is 13.6. The van der Waals surface area contributed by atoms with Crippen LogP contribution < -0.4 is 9.46 Å². The summed E-state index contributed by atoms with van der Waals surface area (Å²) in [7, 11) is -1.06. The van der Waals surface area contributed by atoms with Crippen LogP contribution in [-0.2, 0) is 19.5 Å². The van der Waals surface area contributed by atoms with Crippen molar-refractivity contribution in [3.63, 3.8) is 0 Å². The van der Waals surface area contributed by atoms with Gasteiger partial charge in [-0.25, -0.2) is 23.4 Å². The summed E-state index contributed by atoms with van der Waals surface area (Å²) in [4.78, 5) is 13.1. The molecule has 0 radical (unpaired) electrons. The van der Waals surface area contributed by atoms with Crippen molar-refractivity contribution in [2.24, 2.45) is 0 Å². The van der Waals surface area contributed by atoms with Crippen LogP contribution in [0.1, 0.15) is 63.1 Å². The van der Waals surface area contributed by atoms with E-state index in [9.17, 15) is 8.42 Å². The van der Waals surface area contributed by atoms with E-state index in [0.29, 0.717) is 30.4 Å². The number of hydrogen-bond donors (Lipinski definition) is 1. The van der Waals surface area contributed by atoms with E-state index in [2.05, 4.69) is 29.9 Å². The van der Waals surface area contributed by atoms with E-state index in [4.69, 9.17) is 14.2 Å². The number of hydrogen-bond acceptors (Lipinski definition) is 10. The molecule has 4 heterocycles. The van der Waals surface area contributed by atoms with Gasteiger partial charge in [0.05, 0.1) is 19.3 Å². The number of nitrogens with one attached hydrogen (secondary N) is 1. The average Bonchev–Trinajstić information content (AvgIpc) is 3.33. The number of ether oxygens (including phenoxy) is 3. The molecule has 1 N–H and O–H groups in total. The molecule has 3 aromatic rings. The number of methoxy groups -OCH3 is 2. The SMILES string of the molecule is CC[C@H](C1CCCCO1)n1c(NS(=O)(=O)[C@@H](C)[C@H](OC)c2ncc(C)cn2)nnc1-c1cccc(OC)n1. The van der Waals surface area contributed by atoms with Crippen molar-refractivity contribution in [1.29, 1.82) is 0 Å². The van der Waals surface area contributed by atoms with Gasteiger partial charge in [0.15, 0.2) is 11.6 Å². The summed E-state index contributed by atoms with van der Waals surface area (Å²) in [5, 5.41) is 7.58. The van der Waals surface area contributed by atoms with Gasteiger partial charge >= 0.3 is 0 Å². The van der Waals surface area contributed by atoms with Crippen molar-refractivity contribution in [2.75, 3.05) is 25.5 Å². The molecule has 0 amide bonds. The minimum absolute atomic E-state index is 0.0807. The van der Waals surface area contributed by atoms with Gasteiger partial charge in [-0.15, -0.1) is 10.2 Å². The standard InChI is InChI=1S/C25H35N7O5S/c1-6-19(20-11-7-8-13-37-20)32-24(18-10-9-12-21(28-18)35-4)29-30-25(32)31-38(33,34)17(3)22(36-5)23-26-14-16(2)15-27-23/h9-10,12,14-15,17,19-20,22H,6-8,11,13H2,1-5H3,(H,30,31)/t17-,19+,20?,22-/m0/s1. The highest BCUT2D eigenvalue weighted by Crippen LogP contribution is 2.34. The van der Waals surface area contributed by atoms with E-state index < -0.39 is 21.4 Å². The van der Waals surface area contributed by atoms with Crippen LogP contribution in [0.5, 0.6) is 5.88 Å². The second kappa shape index (κ2) is 12.1. The molecule has 0 aromatic carbocycles. The van der Waals surface area contributed by atoms with Gasteiger partial charge in [-0.3, -0.25) is 9.29 Å². The molecular formula is C25H35N7O5S. The number of aromatic nitrogens is 6. The van der Waals surface area contributed by atoms with Gasteiger partial charge in [-0.1, -0.05) is 13.0 Å². The summed E-state index contributed by atoms with van der Waals surface area (Å²) in [6.07, 6.45) is 5.77. The molecule has 12 nitrogen and oxygen atoms in total. The van der Waals surface area contributed by atoms with Gasteiger partial charge in [0.25, 0.3) is 0 Å². The molecule has 0 saturated carbocycles. The van der Waals surface area contributed by atoms with Gasteiger partial charge in [0.1, 0.15) is 17.0 Å². The Bertz CT molecular complexity index is 1310. The Kier molecular flexibility index (Phi) is 8.90. The average molecular weight is 546 g/mol. The summed E-state index contributed by atoms with van der Waals surface area (Å²) >= 11 is 0. The fourth-order valence-electron chi connectivity index (χ4n) is 4.62. The molecule has 1 unspecified atom stereocenters. The largest absolute Gasteiger partial charge is 0.481 e. The van der Waals surface area contributed by atoms with E-state index in [1.165, 1.54) is 14.2 Å². The van der Waals surface area contributed by atoms with Crippen LogP contribution in [0.15, 0.2) is 30.6 Å². The van der Waals surface area contributed by atoms with Crippen LogP contribution in [0, 0.1) is 6.92 Å². The lowest BCUT2D eigenvalue weighted by Crippen LogP contribution is -2.35. The lowest BCUT2D eigenvalue weighted by atomic mass is 9.99. The summed E-state index contributed by atoms with van der Waals surface area (Å²) in [5.41, 5.74) is 1.37. The Balaban J connectivity index is 1.73. The molecule has 1 fully saturated rings. The molecule has 0 bridgehead atoms. The van der Waals surface area contributed by atoms with Gasteiger partial charge in [0, 0.05) is 32.2 Å². The van der Waals surface area contributed by atoms with E-state index in [1.807, 2.05) is 13.8 Å². The van der Waals surface area contributed by atoms with E-state index in [1.54, 1.807) is 42.1 Å². The molecule has 1 aliphatic heterocycles.